The number of ether oxygens (including phenoxy) is 1. The molecule has 13 heteroatoms. The normalized spacial score (nSPS) is 20.4. The third-order valence-corrected chi connectivity index (χ3v) is 9.90. The summed E-state index contributed by atoms with van der Waals surface area (Å²) in [6.07, 6.45) is 6.19. The number of hydrogen-bond donors (Lipinski definition) is 3. The summed E-state index contributed by atoms with van der Waals surface area (Å²) in [4.78, 5) is 10.6. The molecule has 232 valence electrons. The Kier molecular flexibility index (Phi) is 13.7. The number of carboxylic acids is 1. The van der Waals surface area contributed by atoms with Crippen molar-refractivity contribution in [2.45, 2.75) is 118 Å². The van der Waals surface area contributed by atoms with E-state index in [1.807, 2.05) is 0 Å². The van der Waals surface area contributed by atoms with Gasteiger partial charge < -0.3 is 15.2 Å². The summed E-state index contributed by atoms with van der Waals surface area (Å²) in [7, 11) is -3.94. The third-order valence-electron chi connectivity index (χ3n) is 7.27. The fourth-order valence-electron chi connectivity index (χ4n) is 4.40. The van der Waals surface area contributed by atoms with E-state index in [1.165, 1.54) is 51.4 Å². The average Bonchev–Trinajstić information content (AvgIpc) is 3.49. The molecular weight excluding hydrogens is 583 g/mol. The molecule has 3 rings (SSSR count). The van der Waals surface area contributed by atoms with Crippen molar-refractivity contribution in [1.29, 1.82) is 5.26 Å². The average molecular weight is 624 g/mol. The SMILES string of the molecule is CC(Oc1ccc(S(=O)(=O)[C@H]2CN[C@H](C(=O)O)C2)c(Cl)c1)C(F)(F)F.CCCCCCCCCCNC1(C#N)CC1. The molecule has 8 nitrogen and oxygen atoms in total. The van der Waals surface area contributed by atoms with Crippen LogP contribution in [0.2, 0.25) is 5.02 Å². The number of aliphatic carboxylic acids is 1. The molecule has 1 heterocycles. The molecule has 3 atom stereocenters. The predicted octanol–water partition coefficient (Wildman–Crippen LogP) is 6.03. The topological polar surface area (TPSA) is 129 Å². The smallest absolute Gasteiger partial charge is 0.425 e. The van der Waals surface area contributed by atoms with Crippen LogP contribution in [-0.4, -0.2) is 61.7 Å². The number of carboxylic acid groups (broad SMARTS) is 1. The van der Waals surface area contributed by atoms with Gasteiger partial charge in [0, 0.05) is 12.6 Å². The Hall–Kier alpha value is -2.07. The van der Waals surface area contributed by atoms with Gasteiger partial charge in [0.05, 0.1) is 21.2 Å². The van der Waals surface area contributed by atoms with Crippen molar-refractivity contribution in [2.24, 2.45) is 0 Å². The highest BCUT2D eigenvalue weighted by atomic mass is 35.5. The molecule has 0 aromatic heterocycles. The van der Waals surface area contributed by atoms with E-state index in [1.54, 1.807) is 0 Å². The third kappa shape index (κ3) is 11.3. The fourth-order valence-corrected chi connectivity index (χ4v) is 6.61. The molecule has 1 aliphatic heterocycles. The van der Waals surface area contributed by atoms with Crippen molar-refractivity contribution in [1.82, 2.24) is 10.6 Å². The molecule has 0 spiro atoms. The largest absolute Gasteiger partial charge is 0.481 e. The van der Waals surface area contributed by atoms with Crippen LogP contribution in [-0.2, 0) is 14.6 Å². The van der Waals surface area contributed by atoms with Gasteiger partial charge >= 0.3 is 12.1 Å². The number of alkyl halides is 3. The molecule has 0 radical (unpaired) electrons. The molecular formula is C28H41ClF3N3O5S. The lowest BCUT2D eigenvalue weighted by Crippen LogP contribution is -2.31. The molecule has 2 fully saturated rings. The number of carbonyl (C=O) groups is 1. The van der Waals surface area contributed by atoms with E-state index < -0.39 is 39.4 Å². The first-order chi connectivity index (χ1) is 19.3. The minimum atomic E-state index is -4.57. The van der Waals surface area contributed by atoms with Crippen molar-refractivity contribution in [3.63, 3.8) is 0 Å². The molecule has 2 aliphatic rings. The number of halogens is 4. The molecule has 1 aromatic carbocycles. The first-order valence-corrected chi connectivity index (χ1v) is 16.1. The zero-order chi connectivity index (χ0) is 30.7. The highest BCUT2D eigenvalue weighted by Gasteiger charge is 2.42. The monoisotopic (exact) mass is 623 g/mol. The van der Waals surface area contributed by atoms with Crippen LogP contribution in [0, 0.1) is 11.3 Å². The Labute approximate surface area is 245 Å². The van der Waals surface area contributed by atoms with Crippen molar-refractivity contribution >= 4 is 27.4 Å². The quantitative estimate of drug-likeness (QED) is 0.202. The highest BCUT2D eigenvalue weighted by Crippen LogP contribution is 2.34. The molecule has 1 unspecified atom stereocenters. The summed E-state index contributed by atoms with van der Waals surface area (Å²) in [6.45, 7) is 4.05. The summed E-state index contributed by atoms with van der Waals surface area (Å²) >= 11 is 5.91. The van der Waals surface area contributed by atoms with Crippen molar-refractivity contribution < 1.29 is 36.2 Å². The van der Waals surface area contributed by atoms with Crippen LogP contribution in [0.3, 0.4) is 0 Å². The Morgan fingerprint density at radius 2 is 1.83 bits per heavy atom. The molecule has 1 aliphatic carbocycles. The van der Waals surface area contributed by atoms with E-state index in [2.05, 4.69) is 23.6 Å². The molecule has 1 saturated carbocycles. The van der Waals surface area contributed by atoms with Crippen LogP contribution in [0.5, 0.6) is 5.75 Å². The number of rotatable bonds is 15. The lowest BCUT2D eigenvalue weighted by molar-refractivity contribution is -0.189. The van der Waals surface area contributed by atoms with Crippen LogP contribution in [0.25, 0.3) is 0 Å². The van der Waals surface area contributed by atoms with Crippen LogP contribution in [0.1, 0.15) is 84.5 Å². The number of unbranched alkanes of at least 4 members (excludes halogenated alkanes) is 7. The van der Waals surface area contributed by atoms with Gasteiger partial charge in [-0.25, -0.2) is 8.42 Å². The standard InChI is InChI=1S/C14H15ClF3NO5S.C14H26N2/c1-7(14(16,17)18)24-8-2-3-12(10(15)4-8)25(22,23)9-5-11(13(20)21)19-6-9;1-2-3-4-5-6-7-8-9-12-16-14(13-15)10-11-14/h2-4,7,9,11,19H,5-6H2,1H3,(H,20,21);16H,2-12H2,1H3/t7?,9-,11+;/m1./s1. The highest BCUT2D eigenvalue weighted by molar-refractivity contribution is 7.92. The van der Waals surface area contributed by atoms with Crippen LogP contribution in [0.4, 0.5) is 13.2 Å². The first-order valence-electron chi connectivity index (χ1n) is 14.1. The molecule has 0 amide bonds. The van der Waals surface area contributed by atoms with E-state index in [0.717, 1.165) is 44.5 Å². The minimum Gasteiger partial charge on any atom is -0.481 e. The second-order valence-corrected chi connectivity index (χ2v) is 13.3. The minimum absolute atomic E-state index is 0.0566. The number of sulfone groups is 1. The zero-order valence-corrected chi connectivity index (χ0v) is 25.2. The Morgan fingerprint density at radius 3 is 2.32 bits per heavy atom. The summed E-state index contributed by atoms with van der Waals surface area (Å²) in [5.41, 5.74) is -0.110. The molecule has 41 heavy (non-hydrogen) atoms. The van der Waals surface area contributed by atoms with Crippen LogP contribution in [0.15, 0.2) is 23.1 Å². The van der Waals surface area contributed by atoms with Crippen LogP contribution >= 0.6 is 11.6 Å². The summed E-state index contributed by atoms with van der Waals surface area (Å²) in [5, 5.41) is 22.5. The van der Waals surface area contributed by atoms with E-state index in [0.29, 0.717) is 0 Å². The first kappa shape index (κ1) is 35.1. The van der Waals surface area contributed by atoms with Gasteiger partial charge in [-0.05, 0) is 51.3 Å². The van der Waals surface area contributed by atoms with Gasteiger partial charge in [0.2, 0.25) is 0 Å². The van der Waals surface area contributed by atoms with Gasteiger partial charge in [0.25, 0.3) is 0 Å². The van der Waals surface area contributed by atoms with E-state index in [-0.39, 0.29) is 34.2 Å². The maximum Gasteiger partial charge on any atom is 0.425 e. The summed E-state index contributed by atoms with van der Waals surface area (Å²) in [5.74, 6) is -1.38. The molecule has 0 bridgehead atoms. The van der Waals surface area contributed by atoms with Crippen molar-refractivity contribution in [2.75, 3.05) is 13.1 Å². The van der Waals surface area contributed by atoms with E-state index in [9.17, 15) is 26.4 Å². The van der Waals surface area contributed by atoms with Gasteiger partial charge in [0.15, 0.2) is 15.9 Å². The number of nitrogens with one attached hydrogen (secondary N) is 2. The van der Waals surface area contributed by atoms with Gasteiger partial charge in [0.1, 0.15) is 17.3 Å². The van der Waals surface area contributed by atoms with Gasteiger partial charge in [-0.15, -0.1) is 0 Å². The van der Waals surface area contributed by atoms with Gasteiger partial charge in [-0.2, -0.15) is 18.4 Å². The lowest BCUT2D eigenvalue weighted by atomic mass is 10.1. The molecule has 1 saturated heterocycles. The van der Waals surface area contributed by atoms with E-state index in [4.69, 9.17) is 26.7 Å². The number of nitriles is 1. The van der Waals surface area contributed by atoms with Crippen molar-refractivity contribution in [3.05, 3.63) is 23.2 Å². The Bertz CT molecular complexity index is 1140. The molecule has 1 aromatic rings. The zero-order valence-electron chi connectivity index (χ0n) is 23.6. The number of hydrogen-bond acceptors (Lipinski definition) is 7. The molecule has 3 N–H and O–H groups in total. The number of benzene rings is 1. The Morgan fingerprint density at radius 1 is 1.22 bits per heavy atom. The number of nitrogens with zero attached hydrogens (tertiary/aromatic N) is 1. The predicted molar refractivity (Wildman–Crippen MR) is 151 cm³/mol. The summed E-state index contributed by atoms with van der Waals surface area (Å²) in [6, 6.07) is 4.52. The van der Waals surface area contributed by atoms with E-state index >= 15 is 0 Å². The lowest BCUT2D eigenvalue weighted by Gasteiger charge is -2.18. The van der Waals surface area contributed by atoms with Gasteiger partial charge in [-0.1, -0.05) is 63.5 Å². The van der Waals surface area contributed by atoms with Crippen LogP contribution < -0.4 is 15.4 Å². The Balaban J connectivity index is 0.000000317. The maximum atomic E-state index is 12.6. The summed E-state index contributed by atoms with van der Waals surface area (Å²) < 4.78 is 67.4. The van der Waals surface area contributed by atoms with Crippen molar-refractivity contribution in [3.8, 4) is 11.8 Å². The fraction of sp³-hybridized carbons (Fsp3) is 0.714. The maximum absolute atomic E-state index is 12.6. The second-order valence-electron chi connectivity index (χ2n) is 10.7. The van der Waals surface area contributed by atoms with Gasteiger partial charge in [-0.3, -0.25) is 10.1 Å². The second kappa shape index (κ2) is 16.0.